The van der Waals surface area contributed by atoms with Crippen LogP contribution in [0.1, 0.15) is 50.3 Å². The summed E-state index contributed by atoms with van der Waals surface area (Å²) in [6, 6.07) is 0. The molecule has 60 valence electrons. The van der Waals surface area contributed by atoms with Crippen LogP contribution in [0.4, 0.5) is 0 Å². The van der Waals surface area contributed by atoms with Gasteiger partial charge in [-0.3, -0.25) is 4.79 Å². The van der Waals surface area contributed by atoms with E-state index >= 15 is 0 Å². The van der Waals surface area contributed by atoms with Crippen LogP contribution in [0, 0.1) is 5.92 Å². The summed E-state index contributed by atoms with van der Waals surface area (Å²) in [5.41, 5.74) is 0. The zero-order chi connectivity index (χ0) is 14.7. The van der Waals surface area contributed by atoms with Gasteiger partial charge in [-0.05, 0) is 12.8 Å². The highest BCUT2D eigenvalue weighted by Gasteiger charge is 2.13. The summed E-state index contributed by atoms with van der Waals surface area (Å²) < 4.78 is 57.2. The Morgan fingerprint density at radius 2 is 2.10 bits per heavy atom. The lowest BCUT2D eigenvalue weighted by Crippen LogP contribution is -2.12. The van der Waals surface area contributed by atoms with Crippen LogP contribution in [0.3, 0.4) is 0 Å². The van der Waals surface area contributed by atoms with Gasteiger partial charge in [0.1, 0.15) is 0 Å². The Balaban J connectivity index is 4.86. The number of hydrogen-bond donors (Lipinski definition) is 1. The maximum atomic E-state index is 10.9. The third kappa shape index (κ3) is 3.49. The molecule has 0 unspecified atom stereocenters. The zero-order valence-corrected chi connectivity index (χ0v) is 5.50. The number of hydrogen-bond acceptors (Lipinski definition) is 1. The Bertz CT molecular complexity index is 269. The maximum Gasteiger partial charge on any atom is 0.306 e. The van der Waals surface area contributed by atoms with Gasteiger partial charge in [-0.2, -0.15) is 0 Å². The quantitative estimate of drug-likeness (QED) is 0.656. The molecule has 0 rings (SSSR count). The molecule has 0 aromatic rings. The van der Waals surface area contributed by atoms with Crippen molar-refractivity contribution in [2.75, 3.05) is 0 Å². The van der Waals surface area contributed by atoms with Crippen LogP contribution in [0.2, 0.25) is 0 Å². The van der Waals surface area contributed by atoms with E-state index in [0.29, 0.717) is 0 Å². The number of carboxylic acid groups (broad SMARTS) is 1. The van der Waals surface area contributed by atoms with Crippen LogP contribution in [0.5, 0.6) is 0 Å². The van der Waals surface area contributed by atoms with Crippen molar-refractivity contribution in [2.45, 2.75) is 39.3 Å². The molecule has 0 atom stereocenters. The van der Waals surface area contributed by atoms with Crippen molar-refractivity contribution in [3.63, 3.8) is 0 Å². The molecule has 0 saturated heterocycles. The monoisotopic (exact) mass is 152 g/mol. The van der Waals surface area contributed by atoms with E-state index in [1.807, 2.05) is 0 Å². The number of aliphatic carboxylic acids is 1. The van der Waals surface area contributed by atoms with E-state index < -0.39 is 51.2 Å². The molecule has 0 fully saturated rings. The third-order valence-electron chi connectivity index (χ3n) is 1.08. The molecule has 0 aliphatic rings. The lowest BCUT2D eigenvalue weighted by Gasteiger charge is -2.07. The molecular formula is C8H16O2. The SMILES string of the molecule is [2H]C([2H])C([2H])([2H])CC(CC([2H])([2H])C([2H])[2H])C(=O)O. The fourth-order valence-corrected chi connectivity index (χ4v) is 0.531. The van der Waals surface area contributed by atoms with E-state index in [1.165, 1.54) is 0 Å². The highest BCUT2D eigenvalue weighted by atomic mass is 16.4. The van der Waals surface area contributed by atoms with Gasteiger partial charge in [-0.25, -0.2) is 0 Å². The van der Waals surface area contributed by atoms with E-state index in [-0.39, 0.29) is 0 Å². The summed E-state index contributed by atoms with van der Waals surface area (Å²) in [5.74, 6) is -2.92. The van der Waals surface area contributed by atoms with Crippen LogP contribution in [-0.2, 0) is 4.79 Å². The molecule has 0 aromatic heterocycles. The van der Waals surface area contributed by atoms with Gasteiger partial charge < -0.3 is 5.11 Å². The van der Waals surface area contributed by atoms with E-state index in [0.717, 1.165) is 0 Å². The lowest BCUT2D eigenvalue weighted by molar-refractivity contribution is -0.142. The van der Waals surface area contributed by atoms with Crippen molar-refractivity contribution >= 4 is 5.97 Å². The molecule has 0 amide bonds. The number of rotatable bonds is 5. The van der Waals surface area contributed by atoms with Crippen LogP contribution in [0.15, 0.2) is 0 Å². The molecule has 10 heavy (non-hydrogen) atoms. The molecule has 2 nitrogen and oxygen atoms in total. The van der Waals surface area contributed by atoms with Crippen molar-refractivity contribution in [1.82, 2.24) is 0 Å². The Labute approximate surface area is 73.5 Å². The Morgan fingerprint density at radius 3 is 2.40 bits per heavy atom. The average molecular weight is 152 g/mol. The predicted octanol–water partition coefficient (Wildman–Crippen LogP) is 2.29. The van der Waals surface area contributed by atoms with Crippen molar-refractivity contribution in [3.05, 3.63) is 0 Å². The van der Waals surface area contributed by atoms with Gasteiger partial charge in [0, 0.05) is 11.0 Å². The molecule has 0 spiro atoms. The van der Waals surface area contributed by atoms with Gasteiger partial charge in [-0.1, -0.05) is 26.5 Å². The first-order chi connectivity index (χ1) is 7.90. The zero-order valence-electron chi connectivity index (χ0n) is 13.5. The minimum Gasteiger partial charge on any atom is -0.481 e. The summed E-state index contributed by atoms with van der Waals surface area (Å²) in [6.07, 6.45) is -6.13. The first-order valence-electron chi connectivity index (χ1n) is 7.13. The molecule has 1 N–H and O–H groups in total. The second-order valence-corrected chi connectivity index (χ2v) is 1.85. The van der Waals surface area contributed by atoms with E-state index in [9.17, 15) is 4.79 Å². The van der Waals surface area contributed by atoms with Gasteiger partial charge in [0.15, 0.2) is 0 Å². The van der Waals surface area contributed by atoms with Crippen LogP contribution >= 0.6 is 0 Å². The second-order valence-electron chi connectivity index (χ2n) is 1.85. The van der Waals surface area contributed by atoms with Crippen LogP contribution < -0.4 is 0 Å². The summed E-state index contributed by atoms with van der Waals surface area (Å²) in [7, 11) is 0. The number of carboxylic acids is 1. The molecule has 0 radical (unpaired) electrons. The maximum absolute atomic E-state index is 10.9. The Hall–Kier alpha value is -0.530. The highest BCUT2D eigenvalue weighted by molar-refractivity contribution is 5.69. The normalized spacial score (nSPS) is 25.5. The minimum atomic E-state index is -2.38. The van der Waals surface area contributed by atoms with Gasteiger partial charge in [0.25, 0.3) is 0 Å². The minimum absolute atomic E-state index is 0.688. The predicted molar refractivity (Wildman–Crippen MR) is 40.9 cm³/mol. The molecule has 0 saturated carbocycles. The van der Waals surface area contributed by atoms with Gasteiger partial charge in [0.2, 0.25) is 0 Å². The first kappa shape index (κ1) is 2.50. The van der Waals surface area contributed by atoms with Crippen LogP contribution in [0.25, 0.3) is 0 Å². The van der Waals surface area contributed by atoms with Gasteiger partial charge >= 0.3 is 5.97 Å². The first-order valence-corrected chi connectivity index (χ1v) is 2.82. The second kappa shape index (κ2) is 5.27. The van der Waals surface area contributed by atoms with Crippen LogP contribution in [-0.4, -0.2) is 11.1 Å². The largest absolute Gasteiger partial charge is 0.481 e. The van der Waals surface area contributed by atoms with E-state index in [1.54, 1.807) is 0 Å². The smallest absolute Gasteiger partial charge is 0.306 e. The lowest BCUT2D eigenvalue weighted by atomic mass is 9.99. The molecule has 0 bridgehead atoms. The van der Waals surface area contributed by atoms with Crippen molar-refractivity contribution in [1.29, 1.82) is 0 Å². The van der Waals surface area contributed by atoms with Gasteiger partial charge in [0.05, 0.1) is 5.92 Å². The fraction of sp³-hybridized carbons (Fsp3) is 0.875. The highest BCUT2D eigenvalue weighted by Crippen LogP contribution is 2.12. The summed E-state index contributed by atoms with van der Waals surface area (Å²) in [4.78, 5) is 10.9. The topological polar surface area (TPSA) is 37.3 Å². The molecular weight excluding hydrogens is 128 g/mol. The fourth-order valence-electron chi connectivity index (χ4n) is 0.531. The van der Waals surface area contributed by atoms with Crippen molar-refractivity contribution < 1.29 is 20.9 Å². The van der Waals surface area contributed by atoms with Crippen molar-refractivity contribution in [3.8, 4) is 0 Å². The molecule has 2 heteroatoms. The third-order valence-corrected chi connectivity index (χ3v) is 1.08. The molecule has 0 aliphatic carbocycles. The van der Waals surface area contributed by atoms with E-state index in [4.69, 9.17) is 16.1 Å². The summed E-state index contributed by atoms with van der Waals surface area (Å²) in [5, 5.41) is 8.89. The summed E-state index contributed by atoms with van der Waals surface area (Å²) in [6.45, 7) is -3.76. The van der Waals surface area contributed by atoms with Crippen molar-refractivity contribution in [2.24, 2.45) is 5.92 Å². The standard InChI is InChI=1S/C8H16O2/c1-3-5-7(6-4-2)8(9)10/h7H,3-6H2,1-2H3,(H,9,10)/i1D2,2D2,3D2,4D2. The van der Waals surface area contributed by atoms with Gasteiger partial charge in [-0.15, -0.1) is 0 Å². The Kier molecular flexibility index (Phi) is 1.32. The molecule has 0 aromatic carbocycles. The number of carbonyl (C=O) groups is 1. The average Bonchev–Trinajstić information content (AvgIpc) is 2.15. The van der Waals surface area contributed by atoms with E-state index in [2.05, 4.69) is 0 Å². The summed E-state index contributed by atoms with van der Waals surface area (Å²) >= 11 is 0. The molecule has 0 heterocycles. The Morgan fingerprint density at radius 1 is 1.60 bits per heavy atom. The molecule has 0 aliphatic heterocycles.